The first-order chi connectivity index (χ1) is 66.8. The molecule has 139 heavy (non-hydrogen) atoms. The van der Waals surface area contributed by atoms with Crippen LogP contribution in [-0.4, -0.2) is 134 Å². The Hall–Kier alpha value is -16.6. The first kappa shape index (κ1) is 92.8. The lowest BCUT2D eigenvalue weighted by Crippen LogP contribution is -2.04. The van der Waals surface area contributed by atoms with Crippen molar-refractivity contribution in [2.24, 2.45) is 5.92 Å². The third-order valence-electron chi connectivity index (χ3n) is 26.2. The average Bonchev–Trinajstić information content (AvgIpc) is 1.60. The maximum Gasteiger partial charge on any atom is 0.352 e. The Bertz CT molecular complexity index is 8160. The first-order valence-electron chi connectivity index (χ1n) is 46.0. The molecule has 0 spiro atoms. The van der Waals surface area contributed by atoms with E-state index in [1.54, 1.807) is 38.0 Å². The second-order valence-electron chi connectivity index (χ2n) is 36.5. The minimum Gasteiger partial charge on any atom is -0.497 e. The molecule has 16 N–H and O–H groups in total. The standard InChI is InChI=1S/C30H31FN2O3.C28H28FN3O3.C26H21FN6O2.C26H21FN2O4/c1-16(2)9-11-36-20-12-18-6-5-7-21(18)23(15-20)27-26(17(3)4)28(33-29(27)30(34)35)24-13-19(31)14-25-22(24)8-10-32-25;1-5-14(3)24-25(20-12-17(35-4)13-23-19(20)11-16(6-2)31-23)27(28(33)34)32-26(24)21-9-15(29)10-22-18(21)7-8-30-22;1-12(2)21-22(15-4-3-5-18-16(15)10-20(31-18)25-29-11-30-33-25)24(26(34)35)32-23(21)17-8-13(27)9-19-14(17)6-7-28-19;1-12(2)21-22(18-9-14(25(30)31)8-13-4-3-5-16(13)18)24(26(32)33)29-23(21)19-10-15(27)11-20-17(19)6-7-28-20/h5,7-8,10,12-17,32-33H,6,9,11H2,1-4H3,(H,34,35);7-14,30-32H,5-6H2,1-4H3,(H,33,34);3-12,28,31-32H,1-2H3,(H,34,35)(H,29,30,33);3,5-12,28-29H,4H2,1-2H3,(H,30,31)(H,32,33). The highest BCUT2D eigenvalue weighted by atomic mass is 19.1. The fourth-order valence-corrected chi connectivity index (χ4v) is 19.8. The summed E-state index contributed by atoms with van der Waals surface area (Å²) in [5.41, 5.74) is 23.3. The number of aromatic carboxylic acids is 5. The number of nitrogens with zero attached hydrogens (tertiary/aromatic N) is 2. The zero-order chi connectivity index (χ0) is 98.1. The molecule has 0 bridgehead atoms. The Kier molecular flexibility index (Phi) is 25.1. The van der Waals surface area contributed by atoms with Gasteiger partial charge in [0.1, 0.15) is 63.9 Å². The molecule has 2 aliphatic rings. The number of methoxy groups -OCH3 is 1. The van der Waals surface area contributed by atoms with Gasteiger partial charge in [-0.3, -0.25) is 5.10 Å². The van der Waals surface area contributed by atoms with Crippen LogP contribution in [0.5, 0.6) is 11.5 Å². The lowest BCUT2D eigenvalue weighted by atomic mass is 9.86. The third kappa shape index (κ3) is 17.3. The molecule has 0 saturated carbocycles. The molecule has 1 atom stereocenters. The molecule has 0 fully saturated rings. The van der Waals surface area contributed by atoms with Crippen molar-refractivity contribution in [3.05, 3.63) is 285 Å². The van der Waals surface area contributed by atoms with Crippen LogP contribution in [0.3, 0.4) is 0 Å². The monoisotopic (exact) mass is 1870 g/mol. The van der Waals surface area contributed by atoms with Gasteiger partial charge in [0.05, 0.1) is 47.7 Å². The zero-order valence-electron chi connectivity index (χ0n) is 78.1. The van der Waals surface area contributed by atoms with Gasteiger partial charge in [-0.25, -0.2) is 46.5 Å². The molecule has 19 aromatic rings. The minimum absolute atomic E-state index is 0.00690. The molecule has 29 heteroatoms. The highest BCUT2D eigenvalue weighted by molar-refractivity contribution is 6.12. The molecule has 0 saturated heterocycles. The normalized spacial score (nSPS) is 12.4. The van der Waals surface area contributed by atoms with Crippen LogP contribution in [0.15, 0.2) is 183 Å². The Balaban J connectivity index is 0.000000123. The van der Waals surface area contributed by atoms with Crippen molar-refractivity contribution in [3.8, 4) is 113 Å². The number of hydrogen-bond acceptors (Lipinski definition) is 9. The molecular formula is C110H101F4N13O12. The number of benzene rings is 8. The lowest BCUT2D eigenvalue weighted by molar-refractivity contribution is 0.0681. The number of carboxylic acid groups (broad SMARTS) is 5. The first-order valence-corrected chi connectivity index (χ1v) is 46.0. The average molecular weight is 1870 g/mol. The number of halogens is 4. The summed E-state index contributed by atoms with van der Waals surface area (Å²) in [4.78, 5) is 97.5. The van der Waals surface area contributed by atoms with Crippen molar-refractivity contribution in [3.63, 3.8) is 0 Å². The number of H-pyrrole nitrogens is 11. The Morgan fingerprint density at radius 1 is 0.410 bits per heavy atom. The summed E-state index contributed by atoms with van der Waals surface area (Å²) < 4.78 is 70.0. The predicted octanol–water partition coefficient (Wildman–Crippen LogP) is 27.1. The number of carboxylic acids is 5. The SMILES string of the molecule is CC(C)CCOc1cc2c(c(-c3c(C(=O)O)[nH]c(-c4cc(F)cc5[nH]ccc45)c3C(C)C)c1)C=CC2.CC(C)c1c(-c2cc(F)cc3[nH]ccc23)[nH]c(C(=O)O)c1-c1cc(C(=O)O)cc2c1C=CC2.CC(C)c1c(-c2cc(F)cc3[nH]ccc23)[nH]c(C(=O)O)c1-c1cccc2[nH]c(-c3ncn[nH]3)cc12.CCc1cc2c(-c3c(C(=O)O)[nH]c(-c4cc(F)cc5[nH]ccc45)c3C(C)CC)cc(OC)cc2[nH]1. The number of allylic oxidation sites excluding steroid dienone is 2. The molecule has 0 amide bonds. The number of fused-ring (bicyclic) bond motifs is 8. The topological polar surface area (TPSA) is 404 Å². The number of ether oxygens (including phenoxy) is 2. The number of aromatic nitrogens is 13. The quantitative estimate of drug-likeness (QED) is 0.0237. The minimum atomic E-state index is -1.17. The summed E-state index contributed by atoms with van der Waals surface area (Å²) in [5.74, 6) is -4.81. The van der Waals surface area contributed by atoms with E-state index in [0.29, 0.717) is 131 Å². The van der Waals surface area contributed by atoms with E-state index in [1.807, 2.05) is 120 Å². The van der Waals surface area contributed by atoms with E-state index in [1.165, 1.54) is 60.9 Å². The number of carbonyl (C=O) groups is 5. The smallest absolute Gasteiger partial charge is 0.352 e. The van der Waals surface area contributed by atoms with Crippen LogP contribution in [0.25, 0.3) is 179 Å². The van der Waals surface area contributed by atoms with E-state index in [2.05, 4.69) is 124 Å². The lowest BCUT2D eigenvalue weighted by Gasteiger charge is -2.17. The maximum absolute atomic E-state index is 14.6. The summed E-state index contributed by atoms with van der Waals surface area (Å²) in [5, 5.41) is 62.3. The predicted molar refractivity (Wildman–Crippen MR) is 535 cm³/mol. The summed E-state index contributed by atoms with van der Waals surface area (Å²) >= 11 is 0. The summed E-state index contributed by atoms with van der Waals surface area (Å²) in [6, 6.07) is 39.6. The van der Waals surface area contributed by atoms with Crippen LogP contribution >= 0.6 is 0 Å². The second kappa shape index (κ2) is 37.6. The Morgan fingerprint density at radius 2 is 0.835 bits per heavy atom. The molecule has 1 unspecified atom stereocenters. The van der Waals surface area contributed by atoms with E-state index in [-0.39, 0.29) is 63.6 Å². The maximum atomic E-state index is 14.6. The van der Waals surface area contributed by atoms with Gasteiger partial charge in [-0.15, -0.1) is 0 Å². The van der Waals surface area contributed by atoms with Crippen molar-refractivity contribution < 1.29 is 76.5 Å². The third-order valence-corrected chi connectivity index (χ3v) is 26.2. The van der Waals surface area contributed by atoms with Crippen molar-refractivity contribution in [2.45, 2.75) is 132 Å². The summed E-state index contributed by atoms with van der Waals surface area (Å²) in [7, 11) is 1.60. The number of aromatic amines is 11. The molecular weight excluding hydrogens is 1770 g/mol. The van der Waals surface area contributed by atoms with Crippen molar-refractivity contribution in [1.82, 2.24) is 65.0 Å². The van der Waals surface area contributed by atoms with Gasteiger partial charge in [-0.1, -0.05) is 113 Å². The van der Waals surface area contributed by atoms with Crippen LogP contribution in [0.1, 0.15) is 215 Å². The molecule has 11 aromatic heterocycles. The van der Waals surface area contributed by atoms with Gasteiger partial charge >= 0.3 is 29.8 Å². The Morgan fingerprint density at radius 3 is 1.24 bits per heavy atom. The van der Waals surface area contributed by atoms with E-state index >= 15 is 0 Å². The molecule has 2 aliphatic carbocycles. The van der Waals surface area contributed by atoms with E-state index < -0.39 is 41.5 Å². The van der Waals surface area contributed by atoms with Gasteiger partial charge in [0, 0.05) is 146 Å². The second-order valence-corrected chi connectivity index (χ2v) is 36.5. The molecule has 11 heterocycles. The molecule has 8 aromatic carbocycles. The molecule has 0 aliphatic heterocycles. The largest absolute Gasteiger partial charge is 0.497 e. The number of aryl methyl sites for hydroxylation is 1. The van der Waals surface area contributed by atoms with Gasteiger partial charge < -0.3 is 84.8 Å². The number of hydrogen-bond donors (Lipinski definition) is 16. The van der Waals surface area contributed by atoms with Crippen LogP contribution in [0.2, 0.25) is 0 Å². The molecule has 706 valence electrons. The molecule has 0 radical (unpaired) electrons. The van der Waals surface area contributed by atoms with Gasteiger partial charge in [0.15, 0.2) is 5.82 Å². The van der Waals surface area contributed by atoms with Crippen molar-refractivity contribution >= 4 is 107 Å². The highest BCUT2D eigenvalue weighted by Gasteiger charge is 2.36. The summed E-state index contributed by atoms with van der Waals surface area (Å²) in [6.45, 7) is 23.1. The fraction of sp³-hybridized carbons (Fsp3) is 0.209. The van der Waals surface area contributed by atoms with Crippen LogP contribution in [0.4, 0.5) is 17.6 Å². The Labute approximate surface area is 793 Å². The zero-order valence-corrected chi connectivity index (χ0v) is 78.1. The van der Waals surface area contributed by atoms with E-state index in [4.69, 9.17) is 9.47 Å². The number of rotatable bonds is 25. The van der Waals surface area contributed by atoms with Crippen LogP contribution in [-0.2, 0) is 19.3 Å². The molecule has 21 rings (SSSR count). The van der Waals surface area contributed by atoms with E-state index in [0.717, 1.165) is 142 Å². The van der Waals surface area contributed by atoms with Gasteiger partial charge in [0.25, 0.3) is 0 Å². The van der Waals surface area contributed by atoms with E-state index in [9.17, 15) is 67.1 Å². The summed E-state index contributed by atoms with van der Waals surface area (Å²) in [6.07, 6.45) is 20.2. The van der Waals surface area contributed by atoms with Crippen molar-refractivity contribution in [2.75, 3.05) is 13.7 Å². The van der Waals surface area contributed by atoms with Crippen LogP contribution < -0.4 is 9.47 Å². The van der Waals surface area contributed by atoms with Gasteiger partial charge in [-0.05, 0) is 250 Å². The van der Waals surface area contributed by atoms with Gasteiger partial charge in [-0.2, -0.15) is 5.10 Å². The number of nitrogens with one attached hydrogen (secondary N) is 11. The fourth-order valence-electron chi connectivity index (χ4n) is 19.8. The van der Waals surface area contributed by atoms with Crippen LogP contribution in [0, 0.1) is 29.2 Å². The van der Waals surface area contributed by atoms with Gasteiger partial charge in [0.2, 0.25) is 0 Å². The van der Waals surface area contributed by atoms with Crippen molar-refractivity contribution in [1.29, 1.82) is 0 Å². The highest BCUT2D eigenvalue weighted by Crippen LogP contribution is 2.52. The molecule has 25 nitrogen and oxygen atoms in total.